The van der Waals surface area contributed by atoms with E-state index in [-0.39, 0.29) is 97.3 Å². The molecule has 0 saturated carbocycles. The quantitative estimate of drug-likeness (QED) is 0.0562. The molecule has 0 aromatic carbocycles. The summed E-state index contributed by atoms with van der Waals surface area (Å²) in [5, 5.41) is 0. The van der Waals surface area contributed by atoms with Gasteiger partial charge in [0.25, 0.3) is 6.47 Å². The van der Waals surface area contributed by atoms with Crippen molar-refractivity contribution in [2.75, 3.05) is 33.0 Å². The molecule has 0 N–H and O–H groups in total. The van der Waals surface area contributed by atoms with Crippen molar-refractivity contribution in [3.8, 4) is 0 Å². The molecule has 0 heterocycles. The zero-order valence-corrected chi connectivity index (χ0v) is 28.7. The topological polar surface area (TPSA) is 200 Å². The van der Waals surface area contributed by atoms with E-state index < -0.39 is 63.3 Å². The van der Waals surface area contributed by atoms with Crippen LogP contribution in [0.5, 0.6) is 0 Å². The van der Waals surface area contributed by atoms with Crippen molar-refractivity contribution in [1.82, 2.24) is 0 Å². The minimum Gasteiger partial charge on any atom is -0.467 e. The summed E-state index contributed by atoms with van der Waals surface area (Å²) < 4.78 is 25.6. The highest BCUT2D eigenvalue weighted by atomic mass is 16.6. The first-order valence-electron chi connectivity index (χ1n) is 15.7. The van der Waals surface area contributed by atoms with Gasteiger partial charge in [0.05, 0.1) is 29.5 Å². The number of ketones is 4. The molecule has 47 heavy (non-hydrogen) atoms. The van der Waals surface area contributed by atoms with Crippen LogP contribution < -0.4 is 0 Å². The molecule has 0 aliphatic rings. The van der Waals surface area contributed by atoms with Crippen LogP contribution in [0.2, 0.25) is 0 Å². The third-order valence-corrected chi connectivity index (χ3v) is 8.62. The Morgan fingerprint density at radius 1 is 0.489 bits per heavy atom. The van der Waals surface area contributed by atoms with Gasteiger partial charge in [-0.15, -0.1) is 0 Å². The van der Waals surface area contributed by atoms with Gasteiger partial charge in [-0.2, -0.15) is 0 Å². The molecule has 0 atom stereocenters. The van der Waals surface area contributed by atoms with Crippen molar-refractivity contribution >= 4 is 53.5 Å². The Labute approximate surface area is 275 Å². The second kappa shape index (κ2) is 21.0. The number of carbonyl (C=O) groups is 9. The Balaban J connectivity index is 5.58. The molecule has 0 rings (SSSR count). The molecule has 14 heteroatoms. The van der Waals surface area contributed by atoms with Crippen LogP contribution in [0.25, 0.3) is 0 Å². The molecule has 0 spiro atoms. The van der Waals surface area contributed by atoms with Crippen LogP contribution in [0.15, 0.2) is 0 Å². The number of esters is 4. The predicted octanol–water partition coefficient (Wildman–Crippen LogP) is 3.22. The molecule has 0 fully saturated rings. The van der Waals surface area contributed by atoms with Gasteiger partial charge in [0.1, 0.15) is 43.0 Å². The van der Waals surface area contributed by atoms with E-state index in [0.29, 0.717) is 0 Å². The summed E-state index contributed by atoms with van der Waals surface area (Å²) in [5.74, 6) is -4.73. The largest absolute Gasteiger partial charge is 0.467 e. The van der Waals surface area contributed by atoms with E-state index in [2.05, 4.69) is 0 Å². The highest BCUT2D eigenvalue weighted by Crippen LogP contribution is 2.35. The van der Waals surface area contributed by atoms with E-state index in [1.165, 1.54) is 27.7 Å². The number of carbonyl (C=O) groups excluding carboxylic acids is 9. The monoisotopic (exact) mass is 670 g/mol. The fraction of sp³-hybridized carbons (Fsp3) is 0.727. The van der Waals surface area contributed by atoms with Crippen molar-refractivity contribution in [2.45, 2.75) is 106 Å². The van der Waals surface area contributed by atoms with Gasteiger partial charge in [-0.25, -0.2) is 0 Å². The smallest absolute Gasteiger partial charge is 0.305 e. The lowest BCUT2D eigenvalue weighted by Crippen LogP contribution is -2.40. The molecule has 0 aromatic heterocycles. The van der Waals surface area contributed by atoms with Crippen molar-refractivity contribution in [2.24, 2.45) is 16.2 Å². The molecule has 0 bridgehead atoms. The Hall–Kier alpha value is -3.97. The number of rotatable bonds is 26. The molecule has 0 radical (unpaired) electrons. The van der Waals surface area contributed by atoms with Crippen molar-refractivity contribution < 1.29 is 66.8 Å². The van der Waals surface area contributed by atoms with Crippen molar-refractivity contribution in [3.05, 3.63) is 0 Å². The average Bonchev–Trinajstić information content (AvgIpc) is 3.00. The van der Waals surface area contributed by atoms with Gasteiger partial charge in [-0.3, -0.25) is 43.2 Å². The highest BCUT2D eigenvalue weighted by Gasteiger charge is 2.43. The highest BCUT2D eigenvalue weighted by molar-refractivity contribution is 6.06. The van der Waals surface area contributed by atoms with E-state index in [1.807, 2.05) is 0 Å². The zero-order chi connectivity index (χ0) is 36.3. The summed E-state index contributed by atoms with van der Waals surface area (Å²) in [6, 6.07) is 0. The second-order valence-corrected chi connectivity index (χ2v) is 11.6. The maximum Gasteiger partial charge on any atom is 0.305 e. The van der Waals surface area contributed by atoms with Crippen LogP contribution in [-0.4, -0.2) is 86.5 Å². The number of ether oxygens (including phenoxy) is 5. The van der Waals surface area contributed by atoms with Gasteiger partial charge in [0.2, 0.25) is 0 Å². The molecular weight excluding hydrogens is 620 g/mol. The Morgan fingerprint density at radius 3 is 1.02 bits per heavy atom. The van der Waals surface area contributed by atoms with E-state index in [4.69, 9.17) is 23.7 Å². The van der Waals surface area contributed by atoms with Crippen LogP contribution in [0.4, 0.5) is 0 Å². The Morgan fingerprint density at radius 2 is 0.787 bits per heavy atom. The lowest BCUT2D eigenvalue weighted by molar-refractivity contribution is -0.159. The fourth-order valence-corrected chi connectivity index (χ4v) is 5.14. The summed E-state index contributed by atoms with van der Waals surface area (Å²) in [6.45, 7) is 9.23. The summed E-state index contributed by atoms with van der Waals surface area (Å²) in [4.78, 5) is 110. The van der Waals surface area contributed by atoms with Gasteiger partial charge >= 0.3 is 23.9 Å². The van der Waals surface area contributed by atoms with E-state index >= 15 is 0 Å². The first-order valence-corrected chi connectivity index (χ1v) is 15.7. The summed E-state index contributed by atoms with van der Waals surface area (Å²) >= 11 is 0. The van der Waals surface area contributed by atoms with Crippen molar-refractivity contribution in [3.63, 3.8) is 0 Å². The second-order valence-electron chi connectivity index (χ2n) is 11.6. The predicted molar refractivity (Wildman–Crippen MR) is 164 cm³/mol. The molecular formula is C33H50O14. The zero-order valence-electron chi connectivity index (χ0n) is 28.7. The number of Topliss-reactive ketones (excluding diaryl/α,β-unsaturated/α-hetero) is 4. The fourth-order valence-electron chi connectivity index (χ4n) is 5.14. The molecule has 0 amide bonds. The lowest BCUT2D eigenvalue weighted by atomic mass is 9.73. The van der Waals surface area contributed by atoms with Gasteiger partial charge < -0.3 is 23.7 Å². The average molecular weight is 671 g/mol. The van der Waals surface area contributed by atoms with E-state index in [1.54, 1.807) is 20.8 Å². The van der Waals surface area contributed by atoms with Gasteiger partial charge in [0.15, 0.2) is 0 Å². The Kier molecular flexibility index (Phi) is 19.2. The first kappa shape index (κ1) is 43.0. The summed E-state index contributed by atoms with van der Waals surface area (Å²) in [6.07, 6.45) is -1.55. The molecule has 0 unspecified atom stereocenters. The van der Waals surface area contributed by atoms with Crippen LogP contribution in [0.3, 0.4) is 0 Å². The first-order chi connectivity index (χ1) is 22.0. The minimum absolute atomic E-state index is 0.134. The maximum atomic E-state index is 12.8. The molecule has 0 aromatic rings. The van der Waals surface area contributed by atoms with Gasteiger partial charge in [-0.1, -0.05) is 6.92 Å². The van der Waals surface area contributed by atoms with Crippen LogP contribution in [0, 0.1) is 16.2 Å². The third-order valence-electron chi connectivity index (χ3n) is 8.62. The number of hydrogen-bond donors (Lipinski definition) is 0. The maximum absolute atomic E-state index is 12.8. The molecule has 0 aliphatic heterocycles. The molecule has 14 nitrogen and oxygen atoms in total. The summed E-state index contributed by atoms with van der Waals surface area (Å²) in [7, 11) is 0. The lowest BCUT2D eigenvalue weighted by Gasteiger charge is -2.31. The molecule has 266 valence electrons. The van der Waals surface area contributed by atoms with Gasteiger partial charge in [0, 0.05) is 25.7 Å². The van der Waals surface area contributed by atoms with E-state index in [0.717, 1.165) is 0 Å². The minimum atomic E-state index is -1.59. The third kappa shape index (κ3) is 13.7. The Bertz CT molecular complexity index is 1030. The van der Waals surface area contributed by atoms with E-state index in [9.17, 15) is 43.2 Å². The van der Waals surface area contributed by atoms with Crippen LogP contribution >= 0.6 is 0 Å². The number of hydrogen-bond acceptors (Lipinski definition) is 14. The normalized spacial score (nSPS) is 11.6. The molecule has 0 saturated heterocycles. The van der Waals surface area contributed by atoms with Crippen molar-refractivity contribution in [1.29, 1.82) is 0 Å². The molecule has 0 aliphatic carbocycles. The van der Waals surface area contributed by atoms with Gasteiger partial charge in [-0.05, 0) is 73.6 Å². The van der Waals surface area contributed by atoms with Crippen LogP contribution in [-0.2, 0) is 66.8 Å². The summed E-state index contributed by atoms with van der Waals surface area (Å²) in [5.41, 5.74) is -4.35. The standard InChI is InChI=1S/C33H50O14/c1-8-31(19-43-22-34,20-46-29(41)13-17-32(23(4)35,24(5)36)15-11-27(39)44-9-2)21-47-30(42)14-18-33(25(6)37,26(7)38)16-12-28(40)45-10-3/h22H,8-21H2,1-7H3. The SMILES string of the molecule is CCOC(=O)CCC(CCC(=O)OCC(CC)(COC=O)COC(=O)CCC(CCC(=O)OCC)(C(C)=O)C(C)=O)(C(C)=O)C(C)=O. The van der Waals surface area contributed by atoms with Crippen LogP contribution in [0.1, 0.15) is 106 Å².